The van der Waals surface area contributed by atoms with E-state index in [0.717, 1.165) is 5.56 Å². The molecule has 0 radical (unpaired) electrons. The Morgan fingerprint density at radius 3 is 2.70 bits per heavy atom. The second-order valence-electron chi connectivity index (χ2n) is 5.87. The zero-order valence-electron chi connectivity index (χ0n) is 12.3. The predicted molar refractivity (Wildman–Crippen MR) is 77.1 cm³/mol. The van der Waals surface area contributed by atoms with Gasteiger partial charge in [-0.15, -0.1) is 0 Å². The first kappa shape index (κ1) is 14.4. The van der Waals surface area contributed by atoms with E-state index in [0.29, 0.717) is 11.4 Å². The van der Waals surface area contributed by atoms with E-state index in [4.69, 9.17) is 4.74 Å². The molecule has 1 aromatic rings. The minimum Gasteiger partial charge on any atom is -0.482 e. The standard InChI is InChI=1S/C15H20N2O3/c1-15(2,3)10-5-6-12-11(7-10)17(8-13(18)16-4)14(19)9-20-12/h5-7H,8-9H2,1-4H3,(H,16,18). The summed E-state index contributed by atoms with van der Waals surface area (Å²) in [5, 5.41) is 2.53. The van der Waals surface area contributed by atoms with Gasteiger partial charge in [0.1, 0.15) is 12.3 Å². The van der Waals surface area contributed by atoms with Gasteiger partial charge in [-0.25, -0.2) is 0 Å². The number of benzene rings is 1. The van der Waals surface area contributed by atoms with E-state index in [2.05, 4.69) is 26.1 Å². The molecule has 0 spiro atoms. The molecule has 0 saturated carbocycles. The Balaban J connectivity index is 2.42. The molecule has 20 heavy (non-hydrogen) atoms. The lowest BCUT2D eigenvalue weighted by molar-refractivity contribution is -0.125. The highest BCUT2D eigenvalue weighted by atomic mass is 16.5. The first-order valence-corrected chi connectivity index (χ1v) is 6.61. The molecule has 1 aromatic carbocycles. The number of nitrogens with one attached hydrogen (secondary N) is 1. The third-order valence-corrected chi connectivity index (χ3v) is 3.35. The highest BCUT2D eigenvalue weighted by Crippen LogP contribution is 2.36. The minimum atomic E-state index is -0.202. The smallest absolute Gasteiger partial charge is 0.265 e. The van der Waals surface area contributed by atoms with E-state index in [1.165, 1.54) is 4.90 Å². The summed E-state index contributed by atoms with van der Waals surface area (Å²) in [6, 6.07) is 5.78. The van der Waals surface area contributed by atoms with E-state index >= 15 is 0 Å². The Morgan fingerprint density at radius 1 is 1.40 bits per heavy atom. The van der Waals surface area contributed by atoms with Crippen LogP contribution in [-0.2, 0) is 15.0 Å². The van der Waals surface area contributed by atoms with Crippen LogP contribution in [0.3, 0.4) is 0 Å². The number of carbonyl (C=O) groups is 2. The molecule has 2 rings (SSSR count). The van der Waals surface area contributed by atoms with E-state index in [-0.39, 0.29) is 30.4 Å². The van der Waals surface area contributed by atoms with Gasteiger partial charge in [0.15, 0.2) is 6.61 Å². The molecule has 0 saturated heterocycles. The third kappa shape index (κ3) is 2.76. The van der Waals surface area contributed by atoms with Crippen molar-refractivity contribution in [2.45, 2.75) is 26.2 Å². The fourth-order valence-corrected chi connectivity index (χ4v) is 2.06. The molecule has 0 atom stereocenters. The van der Waals surface area contributed by atoms with Crippen LogP contribution in [-0.4, -0.2) is 32.0 Å². The maximum atomic E-state index is 12.0. The number of amides is 2. The number of nitrogens with zero attached hydrogens (tertiary/aromatic N) is 1. The van der Waals surface area contributed by atoms with E-state index < -0.39 is 0 Å². The Morgan fingerprint density at radius 2 is 2.10 bits per heavy atom. The van der Waals surface area contributed by atoms with Crippen LogP contribution in [0, 0.1) is 0 Å². The molecule has 1 aliphatic rings. The fourth-order valence-electron chi connectivity index (χ4n) is 2.06. The van der Waals surface area contributed by atoms with Crippen molar-refractivity contribution < 1.29 is 14.3 Å². The van der Waals surface area contributed by atoms with Crippen LogP contribution in [0.5, 0.6) is 5.75 Å². The highest BCUT2D eigenvalue weighted by Gasteiger charge is 2.28. The molecule has 0 fully saturated rings. The Kier molecular flexibility index (Phi) is 3.70. The number of carbonyl (C=O) groups excluding carboxylic acids is 2. The molecule has 5 nitrogen and oxygen atoms in total. The van der Waals surface area contributed by atoms with Gasteiger partial charge in [0.05, 0.1) is 5.69 Å². The van der Waals surface area contributed by atoms with Crippen LogP contribution >= 0.6 is 0 Å². The van der Waals surface area contributed by atoms with Crippen molar-refractivity contribution in [3.8, 4) is 5.75 Å². The topological polar surface area (TPSA) is 58.6 Å². The van der Waals surface area contributed by atoms with Crippen molar-refractivity contribution in [1.82, 2.24) is 5.32 Å². The van der Waals surface area contributed by atoms with Crippen LogP contribution in [0.4, 0.5) is 5.69 Å². The summed E-state index contributed by atoms with van der Waals surface area (Å²) >= 11 is 0. The quantitative estimate of drug-likeness (QED) is 0.889. The second kappa shape index (κ2) is 5.15. The normalized spacial score (nSPS) is 14.6. The Labute approximate surface area is 118 Å². The lowest BCUT2D eigenvalue weighted by Crippen LogP contribution is -2.44. The molecule has 0 aliphatic carbocycles. The van der Waals surface area contributed by atoms with Crippen LogP contribution in [0.2, 0.25) is 0 Å². The molecule has 0 bridgehead atoms. The molecule has 5 heteroatoms. The van der Waals surface area contributed by atoms with Crippen molar-refractivity contribution in [2.75, 3.05) is 25.1 Å². The molecule has 0 aromatic heterocycles. The molecule has 108 valence electrons. The van der Waals surface area contributed by atoms with Crippen molar-refractivity contribution in [2.24, 2.45) is 0 Å². The molecular formula is C15H20N2O3. The monoisotopic (exact) mass is 276 g/mol. The number of hydrogen-bond acceptors (Lipinski definition) is 3. The third-order valence-electron chi connectivity index (χ3n) is 3.35. The van der Waals surface area contributed by atoms with Crippen molar-refractivity contribution >= 4 is 17.5 Å². The Bertz CT molecular complexity index is 547. The predicted octanol–water partition coefficient (Wildman–Crippen LogP) is 1.46. The average Bonchev–Trinajstić information content (AvgIpc) is 2.40. The molecular weight excluding hydrogens is 256 g/mol. The fraction of sp³-hybridized carbons (Fsp3) is 0.467. The van der Waals surface area contributed by atoms with Gasteiger partial charge in [0, 0.05) is 7.05 Å². The van der Waals surface area contributed by atoms with Crippen LogP contribution in [0.25, 0.3) is 0 Å². The zero-order chi connectivity index (χ0) is 14.9. The maximum Gasteiger partial charge on any atom is 0.265 e. The van der Waals surface area contributed by atoms with Gasteiger partial charge in [-0.1, -0.05) is 26.8 Å². The summed E-state index contributed by atoms with van der Waals surface area (Å²) in [5.41, 5.74) is 1.72. The maximum absolute atomic E-state index is 12.0. The number of anilines is 1. The summed E-state index contributed by atoms with van der Waals surface area (Å²) in [6.07, 6.45) is 0. The van der Waals surface area contributed by atoms with Gasteiger partial charge in [0.2, 0.25) is 5.91 Å². The van der Waals surface area contributed by atoms with Crippen LogP contribution < -0.4 is 15.0 Å². The summed E-state index contributed by atoms with van der Waals surface area (Å²) in [6.45, 7) is 6.29. The number of likely N-dealkylation sites (N-methyl/N-ethyl adjacent to an activating group) is 1. The molecule has 1 N–H and O–H groups in total. The van der Waals surface area contributed by atoms with Crippen molar-refractivity contribution in [1.29, 1.82) is 0 Å². The van der Waals surface area contributed by atoms with E-state index in [1.807, 2.05) is 18.2 Å². The number of ether oxygens (including phenoxy) is 1. The van der Waals surface area contributed by atoms with Crippen LogP contribution in [0.1, 0.15) is 26.3 Å². The Hall–Kier alpha value is -2.04. The van der Waals surface area contributed by atoms with Gasteiger partial charge in [-0.2, -0.15) is 0 Å². The summed E-state index contributed by atoms with van der Waals surface area (Å²) < 4.78 is 5.43. The van der Waals surface area contributed by atoms with Gasteiger partial charge in [-0.05, 0) is 23.1 Å². The average molecular weight is 276 g/mol. The van der Waals surface area contributed by atoms with Crippen LogP contribution in [0.15, 0.2) is 18.2 Å². The lowest BCUT2D eigenvalue weighted by atomic mass is 9.86. The van der Waals surface area contributed by atoms with Gasteiger partial charge >= 0.3 is 0 Å². The van der Waals surface area contributed by atoms with E-state index in [9.17, 15) is 9.59 Å². The second-order valence-corrected chi connectivity index (χ2v) is 5.87. The zero-order valence-corrected chi connectivity index (χ0v) is 12.3. The largest absolute Gasteiger partial charge is 0.482 e. The van der Waals surface area contributed by atoms with Gasteiger partial charge in [0.25, 0.3) is 5.91 Å². The first-order valence-electron chi connectivity index (χ1n) is 6.61. The molecule has 0 unspecified atom stereocenters. The SMILES string of the molecule is CNC(=O)CN1C(=O)COc2ccc(C(C)(C)C)cc21. The first-order chi connectivity index (χ1) is 9.32. The summed E-state index contributed by atoms with van der Waals surface area (Å²) in [7, 11) is 1.56. The highest BCUT2D eigenvalue weighted by molar-refractivity contribution is 6.02. The number of hydrogen-bond donors (Lipinski definition) is 1. The van der Waals surface area contributed by atoms with Gasteiger partial charge in [-0.3, -0.25) is 14.5 Å². The molecule has 2 amide bonds. The minimum absolute atomic E-state index is 0.0132. The van der Waals surface area contributed by atoms with Crippen molar-refractivity contribution in [3.63, 3.8) is 0 Å². The molecule has 1 heterocycles. The summed E-state index contributed by atoms with van der Waals surface area (Å²) in [5.74, 6) is 0.237. The van der Waals surface area contributed by atoms with Crippen molar-refractivity contribution in [3.05, 3.63) is 23.8 Å². The van der Waals surface area contributed by atoms with E-state index in [1.54, 1.807) is 7.05 Å². The number of fused-ring (bicyclic) bond motifs is 1. The molecule has 1 aliphatic heterocycles. The lowest BCUT2D eigenvalue weighted by Gasteiger charge is -2.30. The van der Waals surface area contributed by atoms with Gasteiger partial charge < -0.3 is 10.1 Å². The number of rotatable bonds is 2. The summed E-state index contributed by atoms with van der Waals surface area (Å²) in [4.78, 5) is 25.0.